The van der Waals surface area contributed by atoms with Crippen LogP contribution in [-0.4, -0.2) is 76.7 Å². The van der Waals surface area contributed by atoms with Gasteiger partial charge in [0, 0.05) is 73.5 Å². The lowest BCUT2D eigenvalue weighted by Gasteiger charge is -2.22. The largest absolute Gasteiger partial charge is 0.471 e. The highest BCUT2D eigenvalue weighted by molar-refractivity contribution is 8.05. The molecule has 2 radical (unpaired) electrons. The van der Waals surface area contributed by atoms with Gasteiger partial charge in [0.1, 0.15) is 0 Å². The van der Waals surface area contributed by atoms with Crippen molar-refractivity contribution in [2.75, 3.05) is 52.6 Å². The van der Waals surface area contributed by atoms with Crippen LogP contribution in [0.4, 0.5) is 0 Å². The van der Waals surface area contributed by atoms with Crippen LogP contribution in [-0.2, 0) is 20.1 Å². The molecule has 478 valence electrons. The number of nitrogens with zero attached hydrogens (tertiary/aromatic N) is 1. The number of unbranched alkanes of at least 4 members (excludes halogenated alkanes) is 28. The van der Waals surface area contributed by atoms with Crippen molar-refractivity contribution in [2.24, 2.45) is 0 Å². The van der Waals surface area contributed by atoms with Gasteiger partial charge in [-0.1, -0.05) is 207 Å². The number of ether oxygens (including phenoxy) is 1. The van der Waals surface area contributed by atoms with Crippen molar-refractivity contribution in [1.82, 2.24) is 0 Å². The van der Waals surface area contributed by atoms with E-state index in [0.717, 1.165) is 52.3 Å². The van der Waals surface area contributed by atoms with E-state index in [4.69, 9.17) is 15.4 Å². The molecule has 4 heterocycles. The number of esters is 1. The summed E-state index contributed by atoms with van der Waals surface area (Å²) in [5.74, 6) is 10.3. The van der Waals surface area contributed by atoms with E-state index in [1.165, 1.54) is 278 Å². The summed E-state index contributed by atoms with van der Waals surface area (Å²) in [5, 5.41) is 0. The van der Waals surface area contributed by atoms with E-state index in [1.54, 1.807) is 11.3 Å². The van der Waals surface area contributed by atoms with Crippen molar-refractivity contribution < 1.29 is 13.6 Å². The highest BCUT2D eigenvalue weighted by Crippen LogP contribution is 2.44. The molecule has 0 spiro atoms. The lowest BCUT2D eigenvalue weighted by atomic mass is 10.0. The summed E-state index contributed by atoms with van der Waals surface area (Å²) in [4.78, 5) is 27.2. The Balaban J connectivity index is 0.943. The van der Waals surface area contributed by atoms with Crippen LogP contribution >= 0.6 is 92.4 Å². The number of carbonyl (C=O) groups is 1. The van der Waals surface area contributed by atoms with Gasteiger partial charge in [0.15, 0.2) is 8.32 Å². The van der Waals surface area contributed by atoms with Crippen LogP contribution in [0.3, 0.4) is 0 Å². The molecule has 0 saturated carbocycles. The molecular formula is C71H115NO3S8Si2. The standard InChI is InChI=1S/C71H115NO3S8Si2/c1-7-10-13-15-28-35-50-74-71(73)70(72-4)62(41-33-12-9-3)63-44-45-66(81-63)67-48-49-69(83-67)68-47-46-65(82-68)64-43-42-61(80-64)40-34-27-23-19-18-22-26-32-39-60-85(5,6)75-84-59-38-31-25-21-17-16-20-24-30-37-52-77-54-56-79-58-57-78-55-53-76-51-36-29-14-11-8-2/h42-49H,7-41,50-60H2,1-3,5-6H3/b70-62-. The van der Waals surface area contributed by atoms with E-state index in [-0.39, 0.29) is 5.70 Å². The van der Waals surface area contributed by atoms with Crippen LogP contribution in [0.2, 0.25) is 25.2 Å². The highest BCUT2D eigenvalue weighted by Gasteiger charge is 2.23. The van der Waals surface area contributed by atoms with Gasteiger partial charge in [-0.2, -0.15) is 47.0 Å². The maximum Gasteiger partial charge on any atom is 0.336 e. The van der Waals surface area contributed by atoms with Crippen LogP contribution in [0.1, 0.15) is 249 Å². The van der Waals surface area contributed by atoms with Gasteiger partial charge in [0.05, 0.1) is 13.2 Å². The monoisotopic (exact) mass is 1340 g/mol. The lowest BCUT2D eigenvalue weighted by molar-refractivity contribution is -0.138. The summed E-state index contributed by atoms with van der Waals surface area (Å²) in [6, 6.07) is 20.6. The van der Waals surface area contributed by atoms with E-state index < -0.39 is 14.3 Å². The van der Waals surface area contributed by atoms with Crippen LogP contribution in [0.5, 0.6) is 0 Å². The Morgan fingerprint density at radius 1 is 0.459 bits per heavy atom. The topological polar surface area (TPSA) is 39.9 Å². The minimum atomic E-state index is -1.51. The molecule has 0 aliphatic carbocycles. The Bertz CT molecular complexity index is 2310. The third kappa shape index (κ3) is 36.8. The summed E-state index contributed by atoms with van der Waals surface area (Å²) in [6.07, 6.45) is 45.4. The number of hydrogen-bond acceptors (Lipinski definition) is 11. The van der Waals surface area contributed by atoms with Crippen LogP contribution in [0.25, 0.3) is 39.7 Å². The molecule has 0 fully saturated rings. The Kier molecular flexibility index (Phi) is 46.8. The van der Waals surface area contributed by atoms with E-state index in [0.29, 0.717) is 13.0 Å². The molecular weight excluding hydrogens is 1230 g/mol. The third-order valence-electron chi connectivity index (χ3n) is 15.7. The van der Waals surface area contributed by atoms with Crippen LogP contribution in [0, 0.1) is 6.57 Å². The van der Waals surface area contributed by atoms with Gasteiger partial charge in [0.2, 0.25) is 9.76 Å². The molecule has 0 N–H and O–H groups in total. The minimum absolute atomic E-state index is 0.162. The summed E-state index contributed by atoms with van der Waals surface area (Å²) in [7, 11) is -0.784. The first-order valence-corrected chi connectivity index (χ1v) is 46.3. The smallest absolute Gasteiger partial charge is 0.336 e. The molecule has 0 amide bonds. The number of aryl methyl sites for hydroxylation is 1. The van der Waals surface area contributed by atoms with Crippen molar-refractivity contribution >= 4 is 122 Å². The Morgan fingerprint density at radius 3 is 1.38 bits per heavy atom. The predicted octanol–water partition coefficient (Wildman–Crippen LogP) is 26.2. The minimum Gasteiger partial charge on any atom is -0.471 e. The van der Waals surface area contributed by atoms with Gasteiger partial charge in [0.25, 0.3) is 5.70 Å². The summed E-state index contributed by atoms with van der Waals surface area (Å²) in [6.45, 7) is 20.0. The second-order valence-corrected chi connectivity index (χ2v) is 38.8. The lowest BCUT2D eigenvalue weighted by Crippen LogP contribution is -2.31. The third-order valence-corrected chi connectivity index (χ3v) is 30.6. The molecule has 0 unspecified atom stereocenters. The van der Waals surface area contributed by atoms with Crippen molar-refractivity contribution in [1.29, 1.82) is 0 Å². The maximum atomic E-state index is 13.2. The number of thiophene rings is 4. The fraction of sp³-hybridized carbons (Fsp3) is 0.718. The molecule has 0 bridgehead atoms. The normalized spacial score (nSPS) is 12.1. The average Bonchev–Trinajstić information content (AvgIpc) is 3.78. The Morgan fingerprint density at radius 2 is 0.859 bits per heavy atom. The molecule has 4 rings (SSSR count). The molecule has 0 aliphatic rings. The number of thioether (sulfide) groups is 4. The zero-order valence-corrected chi connectivity index (χ0v) is 62.6. The van der Waals surface area contributed by atoms with Crippen molar-refractivity contribution in [3.63, 3.8) is 0 Å². The summed E-state index contributed by atoms with van der Waals surface area (Å²) < 4.78 is 12.2. The quantitative estimate of drug-likeness (QED) is 0.0143. The molecule has 0 atom stereocenters. The van der Waals surface area contributed by atoms with Crippen LogP contribution in [0.15, 0.2) is 54.2 Å². The first-order chi connectivity index (χ1) is 41.8. The second kappa shape index (κ2) is 51.9. The summed E-state index contributed by atoms with van der Waals surface area (Å²) >= 11 is 16.1. The average molecular weight is 1340 g/mol. The number of allylic oxidation sites excluding steroid dienone is 1. The van der Waals surface area contributed by atoms with E-state index in [1.807, 2.05) is 34.0 Å². The highest BCUT2D eigenvalue weighted by atomic mass is 32.2. The molecule has 85 heavy (non-hydrogen) atoms. The van der Waals surface area contributed by atoms with Gasteiger partial charge in [-0.3, -0.25) is 4.79 Å². The van der Waals surface area contributed by atoms with E-state index in [2.05, 4.69) is 134 Å². The van der Waals surface area contributed by atoms with Crippen molar-refractivity contribution in [3.05, 3.63) is 75.4 Å². The first-order valence-electron chi connectivity index (χ1n) is 34.2. The van der Waals surface area contributed by atoms with Gasteiger partial charge in [-0.05, 0) is 129 Å². The first kappa shape index (κ1) is 76.7. The van der Waals surface area contributed by atoms with E-state index in [9.17, 15) is 4.79 Å². The van der Waals surface area contributed by atoms with Gasteiger partial charge in [-0.15, -0.1) is 45.3 Å². The molecule has 4 aromatic heterocycles. The van der Waals surface area contributed by atoms with Crippen molar-refractivity contribution in [2.45, 2.75) is 271 Å². The molecule has 14 heteroatoms. The predicted molar refractivity (Wildman–Crippen MR) is 400 cm³/mol. The van der Waals surface area contributed by atoms with Crippen molar-refractivity contribution in [3.8, 4) is 29.3 Å². The molecule has 4 aromatic rings. The van der Waals surface area contributed by atoms with Gasteiger partial charge in [-0.25, -0.2) is 4.85 Å². The molecule has 0 aromatic carbocycles. The number of hydrogen-bond donors (Lipinski definition) is 0. The SMILES string of the molecule is [C-]#[N+]/C(C(=O)OCCCCCCCC)=C(/CCCCC)c1ccc(-c2ccc(-c3ccc(-c4ccc(CCCCCCCCCCC[Si](C)(C)O[Si]CCCCCCCCCCCCSCCSCCSCCSCCCCCCC)s4)s3)s2)s1. The van der Waals surface area contributed by atoms with E-state index >= 15 is 0 Å². The maximum absolute atomic E-state index is 13.2. The summed E-state index contributed by atoms with van der Waals surface area (Å²) in [5.41, 5.74) is 1.01. The fourth-order valence-electron chi connectivity index (χ4n) is 10.5. The fourth-order valence-corrected chi connectivity index (χ4v) is 23.3. The Hall–Kier alpha value is -0.706. The molecule has 0 aliphatic heterocycles. The number of rotatable bonds is 58. The van der Waals surface area contributed by atoms with Gasteiger partial charge >= 0.3 is 5.97 Å². The molecule has 4 nitrogen and oxygen atoms in total. The number of carbonyl (C=O) groups excluding carboxylic acids is 1. The van der Waals surface area contributed by atoms with Gasteiger partial charge < -0.3 is 8.85 Å². The van der Waals surface area contributed by atoms with Crippen LogP contribution < -0.4 is 0 Å². The zero-order chi connectivity index (χ0) is 60.5. The zero-order valence-electron chi connectivity index (χ0n) is 54.1. The molecule has 0 saturated heterocycles. The Labute approximate surface area is 558 Å². The second-order valence-electron chi connectivity index (χ2n) is 23.9.